The number of hydrogen-bond donors (Lipinski definition) is 1. The van der Waals surface area contributed by atoms with Crippen LogP contribution >= 0.6 is 0 Å². The van der Waals surface area contributed by atoms with Gasteiger partial charge >= 0.3 is 5.97 Å². The molecule has 1 aliphatic heterocycles. The fourth-order valence-electron chi connectivity index (χ4n) is 2.22. The SMILES string of the molecule is Cn1ccnc1CC(=O)N1CCCC(C(=O)O)C1. The van der Waals surface area contributed by atoms with Crippen molar-refractivity contribution >= 4 is 11.9 Å². The maximum atomic E-state index is 12.1. The summed E-state index contributed by atoms with van der Waals surface area (Å²) < 4.78 is 1.80. The van der Waals surface area contributed by atoms with Crippen LogP contribution in [0.3, 0.4) is 0 Å². The number of piperidine rings is 1. The van der Waals surface area contributed by atoms with Crippen molar-refractivity contribution in [2.75, 3.05) is 13.1 Å². The molecule has 0 aliphatic carbocycles. The van der Waals surface area contributed by atoms with E-state index < -0.39 is 11.9 Å². The van der Waals surface area contributed by atoms with Crippen LogP contribution in [0.4, 0.5) is 0 Å². The molecule has 1 atom stereocenters. The van der Waals surface area contributed by atoms with Gasteiger partial charge in [0, 0.05) is 32.5 Å². The predicted molar refractivity (Wildman–Crippen MR) is 63.9 cm³/mol. The summed E-state index contributed by atoms with van der Waals surface area (Å²) in [4.78, 5) is 28.7. The summed E-state index contributed by atoms with van der Waals surface area (Å²) >= 11 is 0. The Bertz CT molecular complexity index is 455. The molecule has 0 spiro atoms. The molecule has 0 aromatic carbocycles. The summed E-state index contributed by atoms with van der Waals surface area (Å²) in [6.07, 6.45) is 5.08. The molecule has 1 fully saturated rings. The standard InChI is InChI=1S/C12H17N3O3/c1-14-6-4-13-10(14)7-11(16)15-5-2-3-9(8-15)12(17)18/h4,6,9H,2-3,5,7-8H2,1H3,(H,17,18). The van der Waals surface area contributed by atoms with Crippen LogP contribution in [0.2, 0.25) is 0 Å². The molecular formula is C12H17N3O3. The Balaban J connectivity index is 1.97. The number of carboxylic acid groups (broad SMARTS) is 1. The van der Waals surface area contributed by atoms with Crippen molar-refractivity contribution in [1.82, 2.24) is 14.5 Å². The van der Waals surface area contributed by atoms with Crippen molar-refractivity contribution in [3.63, 3.8) is 0 Å². The summed E-state index contributed by atoms with van der Waals surface area (Å²) in [7, 11) is 1.84. The van der Waals surface area contributed by atoms with Crippen molar-refractivity contribution in [2.24, 2.45) is 13.0 Å². The molecule has 0 saturated carbocycles. The molecule has 18 heavy (non-hydrogen) atoms. The topological polar surface area (TPSA) is 75.4 Å². The average molecular weight is 251 g/mol. The number of aliphatic carboxylic acids is 1. The van der Waals surface area contributed by atoms with E-state index in [-0.39, 0.29) is 12.3 Å². The number of aromatic nitrogens is 2. The quantitative estimate of drug-likeness (QED) is 0.837. The van der Waals surface area contributed by atoms with Crippen molar-refractivity contribution in [3.05, 3.63) is 18.2 Å². The highest BCUT2D eigenvalue weighted by Crippen LogP contribution is 2.17. The summed E-state index contributed by atoms with van der Waals surface area (Å²) in [6, 6.07) is 0. The molecule has 1 aromatic rings. The lowest BCUT2D eigenvalue weighted by atomic mass is 9.98. The molecule has 1 N–H and O–H groups in total. The normalized spacial score (nSPS) is 19.8. The van der Waals surface area contributed by atoms with Gasteiger partial charge in [-0.15, -0.1) is 0 Å². The summed E-state index contributed by atoms with van der Waals surface area (Å²) in [5, 5.41) is 8.98. The second-order valence-corrected chi connectivity index (χ2v) is 4.65. The minimum absolute atomic E-state index is 0.0461. The second kappa shape index (κ2) is 5.20. The van der Waals surface area contributed by atoms with E-state index >= 15 is 0 Å². The lowest BCUT2D eigenvalue weighted by Crippen LogP contribution is -2.43. The molecule has 98 valence electrons. The molecular weight excluding hydrogens is 234 g/mol. The Labute approximate surface area is 105 Å². The number of likely N-dealkylation sites (tertiary alicyclic amines) is 1. The number of aryl methyl sites for hydroxylation is 1. The van der Waals surface area contributed by atoms with Crippen LogP contribution < -0.4 is 0 Å². The van der Waals surface area contributed by atoms with Crippen LogP contribution in [-0.4, -0.2) is 44.5 Å². The van der Waals surface area contributed by atoms with Crippen LogP contribution in [0.5, 0.6) is 0 Å². The van der Waals surface area contributed by atoms with Gasteiger partial charge in [-0.1, -0.05) is 0 Å². The van der Waals surface area contributed by atoms with Gasteiger partial charge < -0.3 is 14.6 Å². The first-order valence-corrected chi connectivity index (χ1v) is 6.04. The molecule has 1 aliphatic rings. The predicted octanol–water partition coefficient (Wildman–Crippen LogP) is 0.286. The third-order valence-electron chi connectivity index (χ3n) is 3.35. The third-order valence-corrected chi connectivity index (χ3v) is 3.35. The minimum Gasteiger partial charge on any atom is -0.481 e. The van der Waals surface area contributed by atoms with E-state index in [4.69, 9.17) is 5.11 Å². The highest BCUT2D eigenvalue weighted by atomic mass is 16.4. The first-order chi connectivity index (χ1) is 8.58. The number of imidazole rings is 1. The van der Waals surface area contributed by atoms with Gasteiger partial charge in [-0.25, -0.2) is 4.98 Å². The molecule has 1 amide bonds. The zero-order valence-corrected chi connectivity index (χ0v) is 10.4. The Morgan fingerprint density at radius 2 is 2.33 bits per heavy atom. The number of hydrogen-bond acceptors (Lipinski definition) is 3. The van der Waals surface area contributed by atoms with Gasteiger partial charge in [-0.05, 0) is 12.8 Å². The van der Waals surface area contributed by atoms with Crippen LogP contribution in [0.15, 0.2) is 12.4 Å². The first-order valence-electron chi connectivity index (χ1n) is 6.04. The Hall–Kier alpha value is -1.85. The van der Waals surface area contributed by atoms with Gasteiger partial charge in [0.05, 0.1) is 12.3 Å². The van der Waals surface area contributed by atoms with Gasteiger partial charge in [0.25, 0.3) is 0 Å². The smallest absolute Gasteiger partial charge is 0.308 e. The van der Waals surface area contributed by atoms with Gasteiger partial charge in [-0.3, -0.25) is 9.59 Å². The summed E-state index contributed by atoms with van der Waals surface area (Å²) in [5.74, 6) is -0.582. The lowest BCUT2D eigenvalue weighted by Gasteiger charge is -2.30. The molecule has 0 radical (unpaired) electrons. The van der Waals surface area contributed by atoms with E-state index in [0.717, 1.165) is 6.42 Å². The number of carboxylic acids is 1. The van der Waals surface area contributed by atoms with E-state index in [2.05, 4.69) is 4.98 Å². The molecule has 2 rings (SSSR count). The van der Waals surface area contributed by atoms with Crippen molar-refractivity contribution in [2.45, 2.75) is 19.3 Å². The van der Waals surface area contributed by atoms with Crippen molar-refractivity contribution in [3.8, 4) is 0 Å². The van der Waals surface area contributed by atoms with Crippen LogP contribution in [-0.2, 0) is 23.1 Å². The zero-order chi connectivity index (χ0) is 13.1. The van der Waals surface area contributed by atoms with Gasteiger partial charge in [0.15, 0.2) is 0 Å². The van der Waals surface area contributed by atoms with E-state index in [1.807, 2.05) is 7.05 Å². The van der Waals surface area contributed by atoms with Gasteiger partial charge in [0.1, 0.15) is 5.82 Å². The molecule has 6 heteroatoms. The molecule has 2 heterocycles. The zero-order valence-electron chi connectivity index (χ0n) is 10.4. The Morgan fingerprint density at radius 3 is 2.94 bits per heavy atom. The van der Waals surface area contributed by atoms with E-state index in [0.29, 0.717) is 25.3 Å². The fourth-order valence-corrected chi connectivity index (χ4v) is 2.22. The Kier molecular flexibility index (Phi) is 3.64. The average Bonchev–Trinajstić information content (AvgIpc) is 2.75. The number of amides is 1. The molecule has 1 aromatic heterocycles. The second-order valence-electron chi connectivity index (χ2n) is 4.65. The molecule has 0 bridgehead atoms. The maximum absolute atomic E-state index is 12.1. The fraction of sp³-hybridized carbons (Fsp3) is 0.583. The van der Waals surface area contributed by atoms with E-state index in [1.54, 1.807) is 21.9 Å². The van der Waals surface area contributed by atoms with Crippen LogP contribution in [0, 0.1) is 5.92 Å². The largest absolute Gasteiger partial charge is 0.481 e. The minimum atomic E-state index is -0.815. The highest BCUT2D eigenvalue weighted by molar-refractivity contribution is 5.79. The third kappa shape index (κ3) is 2.69. The highest BCUT2D eigenvalue weighted by Gasteiger charge is 2.28. The summed E-state index contributed by atoms with van der Waals surface area (Å²) in [6.45, 7) is 0.964. The van der Waals surface area contributed by atoms with Gasteiger partial charge in [0.2, 0.25) is 5.91 Å². The first kappa shape index (κ1) is 12.6. The number of rotatable bonds is 3. The van der Waals surface area contributed by atoms with E-state index in [9.17, 15) is 9.59 Å². The molecule has 1 unspecified atom stereocenters. The molecule has 1 saturated heterocycles. The Morgan fingerprint density at radius 1 is 1.56 bits per heavy atom. The monoisotopic (exact) mass is 251 g/mol. The molecule has 6 nitrogen and oxygen atoms in total. The van der Waals surface area contributed by atoms with Crippen LogP contribution in [0.25, 0.3) is 0 Å². The number of carbonyl (C=O) groups is 2. The van der Waals surface area contributed by atoms with Crippen LogP contribution in [0.1, 0.15) is 18.7 Å². The van der Waals surface area contributed by atoms with Crippen molar-refractivity contribution in [1.29, 1.82) is 0 Å². The van der Waals surface area contributed by atoms with Gasteiger partial charge in [-0.2, -0.15) is 0 Å². The summed E-state index contributed by atoms with van der Waals surface area (Å²) in [5.41, 5.74) is 0. The number of carbonyl (C=O) groups excluding carboxylic acids is 1. The maximum Gasteiger partial charge on any atom is 0.308 e. The number of nitrogens with zero attached hydrogens (tertiary/aromatic N) is 3. The van der Waals surface area contributed by atoms with E-state index in [1.165, 1.54) is 0 Å². The lowest BCUT2D eigenvalue weighted by molar-refractivity contribution is -0.145. The van der Waals surface area contributed by atoms with Crippen molar-refractivity contribution < 1.29 is 14.7 Å².